The van der Waals surface area contributed by atoms with E-state index in [1.54, 1.807) is 6.07 Å². The van der Waals surface area contributed by atoms with Crippen LogP contribution >= 0.6 is 11.3 Å². The van der Waals surface area contributed by atoms with Crippen LogP contribution in [0.3, 0.4) is 0 Å². The maximum absolute atomic E-state index is 13.2. The number of terminal acetylenes is 1. The zero-order valence-corrected chi connectivity index (χ0v) is 8.27. The van der Waals surface area contributed by atoms with Crippen molar-refractivity contribution in [2.24, 2.45) is 0 Å². The Bertz CT molecular complexity index is 495. The van der Waals surface area contributed by atoms with E-state index in [-0.39, 0.29) is 5.82 Å². The number of hydrogen-bond donors (Lipinski definition) is 0. The molecule has 1 heterocycles. The topological polar surface area (TPSA) is 12.9 Å². The van der Waals surface area contributed by atoms with Crippen LogP contribution in [0.5, 0.6) is 0 Å². The lowest BCUT2D eigenvalue weighted by Crippen LogP contribution is -1.81. The lowest BCUT2D eigenvalue weighted by Gasteiger charge is -1.87. The monoisotopic (exact) mass is 205 g/mol. The Labute approximate surface area is 85.6 Å². The maximum atomic E-state index is 13.2. The van der Waals surface area contributed by atoms with Gasteiger partial charge < -0.3 is 0 Å². The maximum Gasteiger partial charge on any atom is 0.150 e. The Kier molecular flexibility index (Phi) is 2.47. The second-order valence-electron chi connectivity index (χ2n) is 2.90. The van der Waals surface area contributed by atoms with Crippen molar-refractivity contribution in [3.8, 4) is 12.3 Å². The number of rotatable bonds is 2. The molecule has 1 aromatic carbocycles. The summed E-state index contributed by atoms with van der Waals surface area (Å²) in [5, 5.41) is 0.906. The normalized spacial score (nSPS) is 10.3. The van der Waals surface area contributed by atoms with Gasteiger partial charge in [0.25, 0.3) is 0 Å². The van der Waals surface area contributed by atoms with Crippen LogP contribution in [-0.4, -0.2) is 4.98 Å². The molecule has 0 radical (unpaired) electrons. The molecule has 0 aliphatic carbocycles. The van der Waals surface area contributed by atoms with Gasteiger partial charge >= 0.3 is 0 Å². The lowest BCUT2D eigenvalue weighted by molar-refractivity contribution is 0.637. The minimum absolute atomic E-state index is 0.259. The van der Waals surface area contributed by atoms with E-state index in [1.165, 1.54) is 17.4 Å². The Morgan fingerprint density at radius 2 is 2.36 bits per heavy atom. The molecule has 0 saturated carbocycles. The van der Waals surface area contributed by atoms with Crippen molar-refractivity contribution in [2.45, 2.75) is 12.8 Å². The second-order valence-corrected chi connectivity index (χ2v) is 4.01. The molecule has 0 bridgehead atoms. The van der Waals surface area contributed by atoms with Gasteiger partial charge in [-0.2, -0.15) is 0 Å². The minimum atomic E-state index is -0.259. The molecule has 0 N–H and O–H groups in total. The van der Waals surface area contributed by atoms with Gasteiger partial charge in [-0.15, -0.1) is 23.7 Å². The van der Waals surface area contributed by atoms with Gasteiger partial charge in [-0.3, -0.25) is 0 Å². The Morgan fingerprint density at radius 3 is 3.07 bits per heavy atom. The van der Waals surface area contributed by atoms with Crippen LogP contribution in [0.15, 0.2) is 18.2 Å². The van der Waals surface area contributed by atoms with Crippen LogP contribution in [0.2, 0.25) is 0 Å². The summed E-state index contributed by atoms with van der Waals surface area (Å²) in [4.78, 5) is 4.20. The highest BCUT2D eigenvalue weighted by atomic mass is 32.1. The number of thiazole rings is 1. The molecule has 2 rings (SSSR count). The smallest absolute Gasteiger partial charge is 0.150 e. The predicted octanol–water partition coefficient (Wildman–Crippen LogP) is 3.00. The predicted molar refractivity (Wildman–Crippen MR) is 56.7 cm³/mol. The Morgan fingerprint density at radius 1 is 1.50 bits per heavy atom. The van der Waals surface area contributed by atoms with E-state index in [0.29, 0.717) is 11.9 Å². The summed E-state index contributed by atoms with van der Waals surface area (Å²) in [5.41, 5.74) is 0.463. The first-order chi connectivity index (χ1) is 6.81. The van der Waals surface area contributed by atoms with E-state index >= 15 is 0 Å². The fourth-order valence-electron chi connectivity index (χ4n) is 1.25. The van der Waals surface area contributed by atoms with Crippen LogP contribution in [0.1, 0.15) is 11.4 Å². The molecule has 0 amide bonds. The minimum Gasteiger partial charge on any atom is -0.238 e. The Hall–Kier alpha value is -1.40. The molecule has 0 saturated heterocycles. The first-order valence-electron chi connectivity index (χ1n) is 4.28. The number of benzene rings is 1. The standard InChI is InChI=1S/C11H8FNS/c1-2-3-7-10-13-11-8(12)5-4-6-9(11)14-10/h1,4-6H,3,7H2. The summed E-state index contributed by atoms with van der Waals surface area (Å²) >= 11 is 1.50. The van der Waals surface area contributed by atoms with E-state index in [0.717, 1.165) is 16.1 Å². The molecule has 0 aliphatic rings. The molecule has 0 aliphatic heterocycles. The highest BCUT2D eigenvalue weighted by molar-refractivity contribution is 7.18. The van der Waals surface area contributed by atoms with E-state index in [1.807, 2.05) is 6.07 Å². The molecule has 70 valence electrons. The highest BCUT2D eigenvalue weighted by Crippen LogP contribution is 2.24. The first-order valence-corrected chi connectivity index (χ1v) is 5.10. The molecule has 0 spiro atoms. The summed E-state index contributed by atoms with van der Waals surface area (Å²) < 4.78 is 14.1. The SMILES string of the molecule is C#CCCc1nc2c(F)cccc2s1. The summed E-state index contributed by atoms with van der Waals surface area (Å²) in [7, 11) is 0. The average Bonchev–Trinajstić information content (AvgIpc) is 2.59. The first kappa shape index (κ1) is 9.17. The number of aryl methyl sites for hydroxylation is 1. The van der Waals surface area contributed by atoms with Gasteiger partial charge in [0.2, 0.25) is 0 Å². The zero-order chi connectivity index (χ0) is 9.97. The summed E-state index contributed by atoms with van der Waals surface area (Å²) in [6.07, 6.45) is 6.54. The third kappa shape index (κ3) is 1.61. The van der Waals surface area contributed by atoms with E-state index < -0.39 is 0 Å². The van der Waals surface area contributed by atoms with E-state index in [4.69, 9.17) is 6.42 Å². The van der Waals surface area contributed by atoms with Crippen LogP contribution in [0.4, 0.5) is 4.39 Å². The van der Waals surface area contributed by atoms with Crippen molar-refractivity contribution < 1.29 is 4.39 Å². The van der Waals surface area contributed by atoms with Crippen LogP contribution in [-0.2, 0) is 6.42 Å². The molecule has 1 nitrogen and oxygen atoms in total. The van der Waals surface area contributed by atoms with Crippen LogP contribution < -0.4 is 0 Å². The van der Waals surface area contributed by atoms with Crippen molar-refractivity contribution in [1.82, 2.24) is 4.98 Å². The summed E-state index contributed by atoms with van der Waals surface area (Å²) in [5.74, 6) is 2.29. The number of aromatic nitrogens is 1. The lowest BCUT2D eigenvalue weighted by atomic mass is 10.3. The largest absolute Gasteiger partial charge is 0.238 e. The van der Waals surface area contributed by atoms with Gasteiger partial charge in [-0.05, 0) is 12.1 Å². The summed E-state index contributed by atoms with van der Waals surface area (Å²) in [6.45, 7) is 0. The molecular formula is C11H8FNS. The number of nitrogens with zero attached hydrogens (tertiary/aromatic N) is 1. The van der Waals surface area contributed by atoms with Crippen LogP contribution in [0, 0.1) is 18.2 Å². The highest BCUT2D eigenvalue weighted by Gasteiger charge is 2.06. The number of para-hydroxylation sites is 1. The van der Waals surface area contributed by atoms with Gasteiger partial charge in [0.05, 0.1) is 9.71 Å². The molecule has 2 aromatic rings. The van der Waals surface area contributed by atoms with Gasteiger partial charge in [0.15, 0.2) is 0 Å². The average molecular weight is 205 g/mol. The number of halogens is 1. The molecule has 3 heteroatoms. The quantitative estimate of drug-likeness (QED) is 0.687. The number of fused-ring (bicyclic) bond motifs is 1. The fourth-order valence-corrected chi connectivity index (χ4v) is 2.23. The fraction of sp³-hybridized carbons (Fsp3) is 0.182. The van der Waals surface area contributed by atoms with Gasteiger partial charge in [-0.25, -0.2) is 9.37 Å². The van der Waals surface area contributed by atoms with Crippen molar-refractivity contribution in [3.05, 3.63) is 29.0 Å². The molecule has 0 fully saturated rings. The van der Waals surface area contributed by atoms with Crippen LogP contribution in [0.25, 0.3) is 10.2 Å². The molecule has 14 heavy (non-hydrogen) atoms. The molecule has 0 atom stereocenters. The molecular weight excluding hydrogens is 197 g/mol. The van der Waals surface area contributed by atoms with E-state index in [2.05, 4.69) is 10.9 Å². The van der Waals surface area contributed by atoms with Crippen molar-refractivity contribution >= 4 is 21.6 Å². The third-order valence-corrected chi connectivity index (χ3v) is 2.98. The molecule has 0 unspecified atom stereocenters. The van der Waals surface area contributed by atoms with Crippen molar-refractivity contribution in [1.29, 1.82) is 0 Å². The number of hydrogen-bond acceptors (Lipinski definition) is 2. The second kappa shape index (κ2) is 3.77. The molecule has 1 aromatic heterocycles. The Balaban J connectivity index is 2.42. The summed E-state index contributed by atoms with van der Waals surface area (Å²) in [6, 6.07) is 4.99. The zero-order valence-electron chi connectivity index (χ0n) is 7.46. The van der Waals surface area contributed by atoms with Gasteiger partial charge in [0, 0.05) is 12.8 Å². The van der Waals surface area contributed by atoms with Gasteiger partial charge in [0.1, 0.15) is 11.3 Å². The van der Waals surface area contributed by atoms with Gasteiger partial charge in [-0.1, -0.05) is 6.07 Å². The van der Waals surface area contributed by atoms with E-state index in [9.17, 15) is 4.39 Å². The van der Waals surface area contributed by atoms with Crippen molar-refractivity contribution in [3.63, 3.8) is 0 Å². The third-order valence-electron chi connectivity index (χ3n) is 1.90. The van der Waals surface area contributed by atoms with Crippen molar-refractivity contribution in [2.75, 3.05) is 0 Å².